The predicted octanol–water partition coefficient (Wildman–Crippen LogP) is 2.79. The van der Waals surface area contributed by atoms with Gasteiger partial charge in [0.05, 0.1) is 5.39 Å². The van der Waals surface area contributed by atoms with Crippen molar-refractivity contribution >= 4 is 39.0 Å². The van der Waals surface area contributed by atoms with E-state index in [0.29, 0.717) is 11.3 Å². The Kier molecular flexibility index (Phi) is 3.37. The fourth-order valence-corrected chi connectivity index (χ4v) is 3.69. The Balaban J connectivity index is 2.01. The number of thiophene rings is 1. The molecule has 1 fully saturated rings. The molecule has 4 nitrogen and oxygen atoms in total. The minimum absolute atomic E-state index is 0.345. The van der Waals surface area contributed by atoms with Gasteiger partial charge in [0, 0.05) is 24.0 Å². The van der Waals surface area contributed by atoms with Crippen molar-refractivity contribution in [2.45, 2.75) is 19.4 Å². The number of anilines is 1. The minimum atomic E-state index is 0.345. The minimum Gasteiger partial charge on any atom is -0.354 e. The number of likely N-dealkylation sites (N-methyl/N-ethyl adjacent to an activating group) is 1. The SMILES string of the molecule is Cc1cc2c(N3CCC(N(C)C)C3)nc(Cl)nc2s1. The molecule has 3 heterocycles. The van der Waals surface area contributed by atoms with Crippen LogP contribution < -0.4 is 4.90 Å². The van der Waals surface area contributed by atoms with Crippen molar-refractivity contribution in [1.29, 1.82) is 0 Å². The summed E-state index contributed by atoms with van der Waals surface area (Å²) in [5.41, 5.74) is 0. The van der Waals surface area contributed by atoms with Crippen LogP contribution in [-0.2, 0) is 0 Å². The van der Waals surface area contributed by atoms with Gasteiger partial charge in [0.25, 0.3) is 0 Å². The molecule has 0 aromatic carbocycles. The third kappa shape index (κ3) is 2.42. The van der Waals surface area contributed by atoms with Crippen LogP contribution in [-0.4, -0.2) is 48.1 Å². The second kappa shape index (κ2) is 4.89. The van der Waals surface area contributed by atoms with Crippen molar-refractivity contribution in [3.05, 3.63) is 16.2 Å². The monoisotopic (exact) mass is 296 g/mol. The van der Waals surface area contributed by atoms with Crippen LogP contribution >= 0.6 is 22.9 Å². The highest BCUT2D eigenvalue weighted by molar-refractivity contribution is 7.18. The van der Waals surface area contributed by atoms with E-state index in [1.807, 2.05) is 0 Å². The molecule has 0 radical (unpaired) electrons. The molecule has 1 aliphatic rings. The molecule has 19 heavy (non-hydrogen) atoms. The summed E-state index contributed by atoms with van der Waals surface area (Å²) in [5, 5.41) is 1.48. The molecular weight excluding hydrogens is 280 g/mol. The van der Waals surface area contributed by atoms with Crippen LogP contribution in [0.15, 0.2) is 6.07 Å². The fraction of sp³-hybridized carbons (Fsp3) is 0.538. The number of aromatic nitrogens is 2. The number of hydrogen-bond acceptors (Lipinski definition) is 5. The van der Waals surface area contributed by atoms with Gasteiger partial charge in [-0.25, -0.2) is 4.98 Å². The van der Waals surface area contributed by atoms with Gasteiger partial charge < -0.3 is 9.80 Å². The normalized spacial score (nSPS) is 19.8. The zero-order valence-corrected chi connectivity index (χ0v) is 12.9. The van der Waals surface area contributed by atoms with Crippen molar-refractivity contribution in [2.24, 2.45) is 0 Å². The van der Waals surface area contributed by atoms with E-state index in [-0.39, 0.29) is 0 Å². The van der Waals surface area contributed by atoms with E-state index in [1.165, 1.54) is 11.3 Å². The van der Waals surface area contributed by atoms with Crippen LogP contribution in [0.2, 0.25) is 5.28 Å². The Labute approximate surface area is 122 Å². The summed E-state index contributed by atoms with van der Waals surface area (Å²) in [4.78, 5) is 15.6. The lowest BCUT2D eigenvalue weighted by Crippen LogP contribution is -2.31. The molecule has 102 valence electrons. The van der Waals surface area contributed by atoms with E-state index in [2.05, 4.69) is 46.9 Å². The van der Waals surface area contributed by atoms with Crippen molar-refractivity contribution in [3.63, 3.8) is 0 Å². The van der Waals surface area contributed by atoms with Crippen LogP contribution in [0.4, 0.5) is 5.82 Å². The maximum absolute atomic E-state index is 6.06. The summed E-state index contributed by atoms with van der Waals surface area (Å²) in [7, 11) is 4.26. The first kappa shape index (κ1) is 13.1. The summed E-state index contributed by atoms with van der Waals surface area (Å²) >= 11 is 7.73. The quantitative estimate of drug-likeness (QED) is 0.798. The predicted molar refractivity (Wildman–Crippen MR) is 81.5 cm³/mol. The molecule has 0 saturated carbocycles. The first-order chi connectivity index (χ1) is 9.04. The molecule has 1 atom stereocenters. The number of hydrogen-bond donors (Lipinski definition) is 0. The summed E-state index contributed by atoms with van der Waals surface area (Å²) in [5.74, 6) is 0.990. The van der Waals surface area contributed by atoms with E-state index in [1.54, 1.807) is 11.3 Å². The Morgan fingerprint density at radius 2 is 2.21 bits per heavy atom. The molecule has 2 aromatic heterocycles. The van der Waals surface area contributed by atoms with Crippen LogP contribution in [0.1, 0.15) is 11.3 Å². The number of fused-ring (bicyclic) bond motifs is 1. The molecule has 1 saturated heterocycles. The molecule has 1 unspecified atom stereocenters. The summed E-state index contributed by atoms with van der Waals surface area (Å²) in [6.07, 6.45) is 1.17. The largest absolute Gasteiger partial charge is 0.354 e. The van der Waals surface area contributed by atoms with Gasteiger partial charge in [0.2, 0.25) is 5.28 Å². The van der Waals surface area contributed by atoms with Gasteiger partial charge in [0.1, 0.15) is 10.6 Å². The third-order valence-electron chi connectivity index (χ3n) is 3.66. The zero-order chi connectivity index (χ0) is 13.6. The summed E-state index contributed by atoms with van der Waals surface area (Å²) in [6, 6.07) is 2.75. The van der Waals surface area contributed by atoms with Gasteiger partial charge in [-0.2, -0.15) is 4.98 Å². The van der Waals surface area contributed by atoms with E-state index in [9.17, 15) is 0 Å². The standard InChI is InChI=1S/C13H17ClN4S/c1-8-6-10-11(15-13(14)16-12(10)19-8)18-5-4-9(7-18)17(2)3/h6,9H,4-5,7H2,1-3H3. The molecule has 6 heteroatoms. The van der Waals surface area contributed by atoms with Crippen LogP contribution in [0.5, 0.6) is 0 Å². The lowest BCUT2D eigenvalue weighted by Gasteiger charge is -2.21. The number of nitrogens with zero attached hydrogens (tertiary/aromatic N) is 4. The van der Waals surface area contributed by atoms with Crippen molar-refractivity contribution in [1.82, 2.24) is 14.9 Å². The van der Waals surface area contributed by atoms with E-state index >= 15 is 0 Å². The fourth-order valence-electron chi connectivity index (χ4n) is 2.60. The van der Waals surface area contributed by atoms with E-state index in [4.69, 9.17) is 11.6 Å². The maximum Gasteiger partial charge on any atom is 0.225 e. The van der Waals surface area contributed by atoms with Gasteiger partial charge in [-0.05, 0) is 45.1 Å². The lowest BCUT2D eigenvalue weighted by atomic mass is 10.2. The van der Waals surface area contributed by atoms with Crippen LogP contribution in [0.25, 0.3) is 10.2 Å². The molecule has 0 spiro atoms. The second-order valence-corrected chi connectivity index (χ2v) is 6.82. The Hall–Kier alpha value is -0.910. The smallest absolute Gasteiger partial charge is 0.225 e. The molecule has 0 aliphatic carbocycles. The molecule has 0 bridgehead atoms. The second-order valence-electron chi connectivity index (χ2n) is 5.24. The first-order valence-corrected chi connectivity index (χ1v) is 7.59. The average molecular weight is 297 g/mol. The van der Waals surface area contributed by atoms with Crippen molar-refractivity contribution in [3.8, 4) is 0 Å². The Morgan fingerprint density at radius 3 is 2.89 bits per heavy atom. The Bertz CT molecular complexity index is 610. The summed E-state index contributed by atoms with van der Waals surface area (Å²) < 4.78 is 0. The van der Waals surface area contributed by atoms with Gasteiger partial charge in [-0.15, -0.1) is 11.3 Å². The van der Waals surface area contributed by atoms with Gasteiger partial charge >= 0.3 is 0 Å². The molecule has 1 aliphatic heterocycles. The first-order valence-electron chi connectivity index (χ1n) is 6.39. The van der Waals surface area contributed by atoms with E-state index < -0.39 is 0 Å². The number of halogens is 1. The van der Waals surface area contributed by atoms with Gasteiger partial charge in [-0.1, -0.05) is 0 Å². The molecular formula is C13H17ClN4S. The average Bonchev–Trinajstić information content (AvgIpc) is 2.93. The number of rotatable bonds is 2. The van der Waals surface area contributed by atoms with Gasteiger partial charge in [0.15, 0.2) is 0 Å². The third-order valence-corrected chi connectivity index (χ3v) is 4.78. The molecule has 3 rings (SSSR count). The van der Waals surface area contributed by atoms with Crippen molar-refractivity contribution in [2.75, 3.05) is 32.1 Å². The highest BCUT2D eigenvalue weighted by atomic mass is 35.5. The highest BCUT2D eigenvalue weighted by Crippen LogP contribution is 2.33. The summed E-state index contributed by atoms with van der Waals surface area (Å²) in [6.45, 7) is 4.13. The Morgan fingerprint density at radius 1 is 1.42 bits per heavy atom. The van der Waals surface area contributed by atoms with Gasteiger partial charge in [-0.3, -0.25) is 0 Å². The topological polar surface area (TPSA) is 32.3 Å². The molecule has 0 N–H and O–H groups in total. The highest BCUT2D eigenvalue weighted by Gasteiger charge is 2.26. The van der Waals surface area contributed by atoms with Crippen LogP contribution in [0.3, 0.4) is 0 Å². The molecule has 0 amide bonds. The van der Waals surface area contributed by atoms with Crippen LogP contribution in [0, 0.1) is 6.92 Å². The molecule has 2 aromatic rings. The lowest BCUT2D eigenvalue weighted by molar-refractivity contribution is 0.315. The maximum atomic E-state index is 6.06. The van der Waals surface area contributed by atoms with Crippen molar-refractivity contribution < 1.29 is 0 Å². The number of aryl methyl sites for hydroxylation is 1. The van der Waals surface area contributed by atoms with E-state index in [0.717, 1.165) is 29.1 Å². The zero-order valence-electron chi connectivity index (χ0n) is 11.4.